The average molecular weight is 192 g/mol. The Kier molecular flexibility index (Phi) is 2.59. The Morgan fingerprint density at radius 1 is 1.43 bits per heavy atom. The molecule has 3 nitrogen and oxygen atoms in total. The third-order valence-electron chi connectivity index (χ3n) is 2.77. The Bertz CT molecular complexity index is 308. The van der Waals surface area contributed by atoms with Gasteiger partial charge >= 0.3 is 0 Å². The number of nitrogens with zero attached hydrogens (tertiary/aromatic N) is 1. The van der Waals surface area contributed by atoms with E-state index in [9.17, 15) is 0 Å². The second-order valence-corrected chi connectivity index (χ2v) is 3.69. The van der Waals surface area contributed by atoms with Crippen molar-refractivity contribution >= 4 is 11.4 Å². The molecule has 1 aliphatic rings. The first kappa shape index (κ1) is 9.34. The summed E-state index contributed by atoms with van der Waals surface area (Å²) in [6.45, 7) is 1.67. The smallest absolute Gasteiger partial charge is 0.0670 e. The molecular weight excluding hydrogens is 176 g/mol. The number of ether oxygens (including phenoxy) is 1. The summed E-state index contributed by atoms with van der Waals surface area (Å²) in [6, 6.07) is 8.42. The molecule has 0 spiro atoms. The molecule has 3 heteroatoms. The van der Waals surface area contributed by atoms with E-state index in [-0.39, 0.29) is 0 Å². The molecule has 0 radical (unpaired) electrons. The third-order valence-corrected chi connectivity index (χ3v) is 2.77. The fourth-order valence-electron chi connectivity index (χ4n) is 1.83. The first-order chi connectivity index (χ1) is 6.79. The van der Waals surface area contributed by atoms with E-state index in [1.807, 2.05) is 24.3 Å². The van der Waals surface area contributed by atoms with Gasteiger partial charge in [-0.05, 0) is 18.6 Å². The SMILES string of the molecule is CN(c1ccccc1N)C1CCOC1. The fraction of sp³-hybridized carbons (Fsp3) is 0.455. The minimum absolute atomic E-state index is 0.472. The van der Waals surface area contributed by atoms with Crippen molar-refractivity contribution in [3.05, 3.63) is 24.3 Å². The van der Waals surface area contributed by atoms with Crippen LogP contribution in [0.15, 0.2) is 24.3 Å². The second-order valence-electron chi connectivity index (χ2n) is 3.69. The molecule has 1 aliphatic heterocycles. The molecule has 1 atom stereocenters. The third kappa shape index (κ3) is 1.68. The van der Waals surface area contributed by atoms with Crippen molar-refractivity contribution in [3.8, 4) is 0 Å². The number of likely N-dealkylation sites (N-methyl/N-ethyl adjacent to an activating group) is 1. The van der Waals surface area contributed by atoms with Crippen LogP contribution in [-0.2, 0) is 4.74 Å². The summed E-state index contributed by atoms with van der Waals surface area (Å²) >= 11 is 0. The zero-order valence-corrected chi connectivity index (χ0v) is 8.44. The Labute approximate surface area is 84.5 Å². The minimum atomic E-state index is 0.472. The van der Waals surface area contributed by atoms with Crippen LogP contribution < -0.4 is 10.6 Å². The van der Waals surface area contributed by atoms with Crippen molar-refractivity contribution in [2.75, 3.05) is 30.9 Å². The van der Waals surface area contributed by atoms with E-state index in [1.54, 1.807) is 0 Å². The molecule has 1 saturated heterocycles. The Hall–Kier alpha value is -1.22. The van der Waals surface area contributed by atoms with Gasteiger partial charge in [0.15, 0.2) is 0 Å². The number of hydrogen-bond acceptors (Lipinski definition) is 3. The summed E-state index contributed by atoms with van der Waals surface area (Å²) in [5.41, 5.74) is 7.84. The van der Waals surface area contributed by atoms with E-state index in [0.29, 0.717) is 6.04 Å². The van der Waals surface area contributed by atoms with E-state index in [0.717, 1.165) is 31.0 Å². The summed E-state index contributed by atoms with van der Waals surface area (Å²) < 4.78 is 5.36. The van der Waals surface area contributed by atoms with Crippen LogP contribution in [0.1, 0.15) is 6.42 Å². The number of nitrogens with two attached hydrogens (primary N) is 1. The van der Waals surface area contributed by atoms with Gasteiger partial charge in [-0.1, -0.05) is 12.1 Å². The highest BCUT2D eigenvalue weighted by molar-refractivity contribution is 5.67. The maximum atomic E-state index is 5.91. The molecule has 0 bridgehead atoms. The molecule has 14 heavy (non-hydrogen) atoms. The molecule has 1 heterocycles. The molecule has 0 saturated carbocycles. The largest absolute Gasteiger partial charge is 0.397 e. The Morgan fingerprint density at radius 2 is 2.21 bits per heavy atom. The highest BCUT2D eigenvalue weighted by Gasteiger charge is 2.21. The first-order valence-electron chi connectivity index (χ1n) is 4.94. The van der Waals surface area contributed by atoms with Crippen LogP contribution in [0, 0.1) is 0 Å². The van der Waals surface area contributed by atoms with Crippen LogP contribution in [0.4, 0.5) is 11.4 Å². The molecule has 0 aromatic heterocycles. The molecule has 0 aliphatic carbocycles. The number of rotatable bonds is 2. The van der Waals surface area contributed by atoms with Crippen LogP contribution in [0.2, 0.25) is 0 Å². The van der Waals surface area contributed by atoms with Crippen LogP contribution in [-0.4, -0.2) is 26.3 Å². The van der Waals surface area contributed by atoms with E-state index < -0.39 is 0 Å². The Morgan fingerprint density at radius 3 is 2.86 bits per heavy atom. The van der Waals surface area contributed by atoms with Gasteiger partial charge in [-0.2, -0.15) is 0 Å². The fourth-order valence-corrected chi connectivity index (χ4v) is 1.83. The maximum absolute atomic E-state index is 5.91. The van der Waals surface area contributed by atoms with E-state index >= 15 is 0 Å². The van der Waals surface area contributed by atoms with E-state index in [2.05, 4.69) is 11.9 Å². The van der Waals surface area contributed by atoms with Crippen molar-refractivity contribution < 1.29 is 4.74 Å². The highest BCUT2D eigenvalue weighted by Crippen LogP contribution is 2.25. The zero-order chi connectivity index (χ0) is 9.97. The second kappa shape index (κ2) is 3.88. The molecule has 1 aromatic carbocycles. The van der Waals surface area contributed by atoms with E-state index in [1.165, 1.54) is 0 Å². The minimum Gasteiger partial charge on any atom is -0.397 e. The van der Waals surface area contributed by atoms with Crippen LogP contribution in [0.25, 0.3) is 0 Å². The lowest BCUT2D eigenvalue weighted by molar-refractivity contribution is 0.193. The van der Waals surface area contributed by atoms with Crippen molar-refractivity contribution in [1.29, 1.82) is 0 Å². The number of hydrogen-bond donors (Lipinski definition) is 1. The Balaban J connectivity index is 2.17. The first-order valence-corrected chi connectivity index (χ1v) is 4.94. The molecule has 1 aromatic rings. The van der Waals surface area contributed by atoms with Gasteiger partial charge in [0.25, 0.3) is 0 Å². The molecule has 1 unspecified atom stereocenters. The lowest BCUT2D eigenvalue weighted by Crippen LogP contribution is -2.32. The zero-order valence-electron chi connectivity index (χ0n) is 8.44. The molecule has 1 fully saturated rings. The highest BCUT2D eigenvalue weighted by atomic mass is 16.5. The molecule has 2 N–H and O–H groups in total. The number of para-hydroxylation sites is 2. The molecular formula is C11H16N2O. The molecule has 2 rings (SSSR count). The number of benzene rings is 1. The standard InChI is InChI=1S/C11H16N2O/c1-13(9-6-7-14-8-9)11-5-3-2-4-10(11)12/h2-5,9H,6-8,12H2,1H3. The summed E-state index contributed by atoms with van der Waals surface area (Å²) in [5, 5.41) is 0. The van der Waals surface area contributed by atoms with Gasteiger partial charge in [0, 0.05) is 13.7 Å². The quantitative estimate of drug-likeness (QED) is 0.721. The summed E-state index contributed by atoms with van der Waals surface area (Å²) in [6.07, 6.45) is 1.09. The number of nitrogen functional groups attached to an aromatic ring is 1. The van der Waals surface area contributed by atoms with Gasteiger partial charge in [0.05, 0.1) is 24.0 Å². The predicted octanol–water partition coefficient (Wildman–Crippen LogP) is 1.49. The maximum Gasteiger partial charge on any atom is 0.0670 e. The predicted molar refractivity (Wildman–Crippen MR) is 58.5 cm³/mol. The van der Waals surface area contributed by atoms with Crippen molar-refractivity contribution in [3.63, 3.8) is 0 Å². The molecule has 76 valence electrons. The van der Waals surface area contributed by atoms with E-state index in [4.69, 9.17) is 10.5 Å². The average Bonchev–Trinajstić information content (AvgIpc) is 2.70. The van der Waals surface area contributed by atoms with Gasteiger partial charge in [0.2, 0.25) is 0 Å². The summed E-state index contributed by atoms with van der Waals surface area (Å²) in [5.74, 6) is 0. The van der Waals surface area contributed by atoms with Gasteiger partial charge in [0.1, 0.15) is 0 Å². The van der Waals surface area contributed by atoms with Crippen LogP contribution >= 0.6 is 0 Å². The van der Waals surface area contributed by atoms with Gasteiger partial charge in [-0.15, -0.1) is 0 Å². The summed E-state index contributed by atoms with van der Waals surface area (Å²) in [7, 11) is 2.07. The van der Waals surface area contributed by atoms with Crippen molar-refractivity contribution in [2.45, 2.75) is 12.5 Å². The van der Waals surface area contributed by atoms with Gasteiger partial charge in [-0.3, -0.25) is 0 Å². The van der Waals surface area contributed by atoms with Crippen LogP contribution in [0.5, 0.6) is 0 Å². The normalized spacial score (nSPS) is 21.1. The monoisotopic (exact) mass is 192 g/mol. The van der Waals surface area contributed by atoms with Gasteiger partial charge < -0.3 is 15.4 Å². The summed E-state index contributed by atoms with van der Waals surface area (Å²) in [4.78, 5) is 2.21. The number of anilines is 2. The van der Waals surface area contributed by atoms with Crippen LogP contribution in [0.3, 0.4) is 0 Å². The van der Waals surface area contributed by atoms with Crippen molar-refractivity contribution in [2.24, 2.45) is 0 Å². The lowest BCUT2D eigenvalue weighted by Gasteiger charge is -2.26. The molecule has 0 amide bonds. The van der Waals surface area contributed by atoms with Crippen molar-refractivity contribution in [1.82, 2.24) is 0 Å². The lowest BCUT2D eigenvalue weighted by atomic mass is 10.2. The topological polar surface area (TPSA) is 38.5 Å². The van der Waals surface area contributed by atoms with Gasteiger partial charge in [-0.25, -0.2) is 0 Å².